The van der Waals surface area contributed by atoms with Crippen LogP contribution in [0.25, 0.3) is 22.6 Å². The van der Waals surface area contributed by atoms with Gasteiger partial charge in [0.05, 0.1) is 0 Å². The molecule has 0 saturated carbocycles. The van der Waals surface area contributed by atoms with Crippen molar-refractivity contribution in [1.29, 1.82) is 0 Å². The summed E-state index contributed by atoms with van der Waals surface area (Å²) in [7, 11) is 0. The van der Waals surface area contributed by atoms with Crippen molar-refractivity contribution < 1.29 is 13.9 Å². The van der Waals surface area contributed by atoms with Crippen LogP contribution in [0.3, 0.4) is 0 Å². The zero-order valence-electron chi connectivity index (χ0n) is 13.9. The van der Waals surface area contributed by atoms with Gasteiger partial charge < -0.3 is 9.15 Å². The second-order valence-corrected chi connectivity index (χ2v) is 6.60. The van der Waals surface area contributed by atoms with Crippen LogP contribution in [0.2, 0.25) is 0 Å². The summed E-state index contributed by atoms with van der Waals surface area (Å²) in [6.07, 6.45) is 1.27. The summed E-state index contributed by atoms with van der Waals surface area (Å²) in [6.45, 7) is 2.03. The van der Waals surface area contributed by atoms with Crippen LogP contribution in [0.4, 0.5) is 0 Å². The number of esters is 1. The monoisotopic (exact) mass is 362 g/mol. The minimum atomic E-state index is -0.374. The highest BCUT2D eigenvalue weighted by Gasteiger charge is 2.17. The molecule has 0 bridgehead atoms. The Kier molecular flexibility index (Phi) is 4.33. The van der Waals surface area contributed by atoms with Gasteiger partial charge in [-0.1, -0.05) is 29.8 Å². The zero-order valence-corrected chi connectivity index (χ0v) is 14.7. The maximum absolute atomic E-state index is 12.6. The smallest absolute Gasteiger partial charge is 0.354 e. The second kappa shape index (κ2) is 6.93. The van der Waals surface area contributed by atoms with Gasteiger partial charge in [0.2, 0.25) is 12.3 Å². The van der Waals surface area contributed by atoms with Crippen LogP contribution in [0.5, 0.6) is 5.75 Å². The third-order valence-electron chi connectivity index (χ3n) is 3.89. The Balaban J connectivity index is 1.54. The summed E-state index contributed by atoms with van der Waals surface area (Å²) < 4.78 is 10.7. The molecule has 0 radical (unpaired) electrons. The van der Waals surface area contributed by atoms with Gasteiger partial charge in [-0.2, -0.15) is 0 Å². The van der Waals surface area contributed by atoms with E-state index in [1.165, 1.54) is 23.3 Å². The van der Waals surface area contributed by atoms with Crippen molar-refractivity contribution in [2.24, 2.45) is 0 Å². The third-order valence-corrected chi connectivity index (χ3v) is 4.78. The van der Waals surface area contributed by atoms with Gasteiger partial charge in [-0.15, -0.1) is 21.5 Å². The van der Waals surface area contributed by atoms with E-state index in [0.717, 1.165) is 16.7 Å². The van der Waals surface area contributed by atoms with Crippen LogP contribution in [0.15, 0.2) is 70.8 Å². The standard InChI is InChI=1S/C20H14N2O3S/c1-13-2-4-14(5-3-13)17-10-11-26-18(17)20(23)25-16-8-6-15(7-9-16)19-22-21-12-24-19/h2-12H,1H3. The number of carbonyl (C=O) groups is 1. The van der Waals surface area contributed by atoms with E-state index in [4.69, 9.17) is 9.15 Å². The number of thiophene rings is 1. The molecule has 2 aromatic heterocycles. The number of benzene rings is 2. The molecule has 5 nitrogen and oxygen atoms in total. The van der Waals surface area contributed by atoms with Crippen molar-refractivity contribution in [3.8, 4) is 28.3 Å². The number of aromatic nitrogens is 2. The molecule has 0 fully saturated rings. The minimum Gasteiger partial charge on any atom is -0.423 e. The van der Waals surface area contributed by atoms with Crippen LogP contribution in [-0.4, -0.2) is 16.2 Å². The number of ether oxygens (including phenoxy) is 1. The predicted octanol–water partition coefficient (Wildman–Crippen LogP) is 4.99. The summed E-state index contributed by atoms with van der Waals surface area (Å²) in [5, 5.41) is 9.39. The van der Waals surface area contributed by atoms with E-state index in [1.54, 1.807) is 24.3 Å². The molecule has 0 unspecified atom stereocenters. The molecule has 2 heterocycles. The largest absolute Gasteiger partial charge is 0.423 e. The number of rotatable bonds is 4. The van der Waals surface area contributed by atoms with Crippen molar-refractivity contribution in [3.05, 3.63) is 76.8 Å². The molecule has 26 heavy (non-hydrogen) atoms. The Morgan fingerprint density at radius 1 is 1.00 bits per heavy atom. The lowest BCUT2D eigenvalue weighted by atomic mass is 10.1. The van der Waals surface area contributed by atoms with Crippen LogP contribution in [-0.2, 0) is 0 Å². The molecule has 0 aliphatic carbocycles. The van der Waals surface area contributed by atoms with Gasteiger partial charge in [-0.3, -0.25) is 0 Å². The zero-order chi connectivity index (χ0) is 17.9. The molecular formula is C20H14N2O3S. The molecule has 2 aromatic carbocycles. The average Bonchev–Trinajstić information content (AvgIpc) is 3.35. The first-order valence-corrected chi connectivity index (χ1v) is 8.82. The Morgan fingerprint density at radius 2 is 1.73 bits per heavy atom. The maximum atomic E-state index is 12.6. The van der Waals surface area contributed by atoms with E-state index in [-0.39, 0.29) is 5.97 Å². The van der Waals surface area contributed by atoms with Crippen molar-refractivity contribution >= 4 is 17.3 Å². The lowest BCUT2D eigenvalue weighted by Crippen LogP contribution is -2.07. The highest BCUT2D eigenvalue weighted by Crippen LogP contribution is 2.30. The van der Waals surface area contributed by atoms with E-state index in [2.05, 4.69) is 10.2 Å². The van der Waals surface area contributed by atoms with Gasteiger partial charge in [0, 0.05) is 11.1 Å². The maximum Gasteiger partial charge on any atom is 0.354 e. The molecule has 0 spiro atoms. The van der Waals surface area contributed by atoms with E-state index in [0.29, 0.717) is 16.5 Å². The first-order chi connectivity index (χ1) is 12.7. The number of carbonyl (C=O) groups excluding carboxylic acids is 1. The lowest BCUT2D eigenvalue weighted by Gasteiger charge is -2.06. The fourth-order valence-corrected chi connectivity index (χ4v) is 3.34. The molecule has 0 aliphatic rings. The first-order valence-electron chi connectivity index (χ1n) is 7.94. The summed E-state index contributed by atoms with van der Waals surface area (Å²) in [6, 6.07) is 17.0. The third kappa shape index (κ3) is 3.27. The number of hydrogen-bond acceptors (Lipinski definition) is 6. The molecule has 0 N–H and O–H groups in total. The second-order valence-electron chi connectivity index (χ2n) is 5.69. The molecule has 0 atom stereocenters. The number of hydrogen-bond donors (Lipinski definition) is 0. The highest BCUT2D eigenvalue weighted by molar-refractivity contribution is 7.12. The number of aryl methyl sites for hydroxylation is 1. The molecule has 6 heteroatoms. The average molecular weight is 362 g/mol. The Labute approximate surface area is 153 Å². The summed E-state index contributed by atoms with van der Waals surface area (Å²) in [4.78, 5) is 13.2. The molecular weight excluding hydrogens is 348 g/mol. The van der Waals surface area contributed by atoms with E-state index >= 15 is 0 Å². The molecule has 4 rings (SSSR count). The summed E-state index contributed by atoms with van der Waals surface area (Å²) in [5.41, 5.74) is 3.81. The van der Waals surface area contributed by atoms with Crippen molar-refractivity contribution in [1.82, 2.24) is 10.2 Å². The van der Waals surface area contributed by atoms with Crippen LogP contribution in [0, 0.1) is 6.92 Å². The highest BCUT2D eigenvalue weighted by atomic mass is 32.1. The van der Waals surface area contributed by atoms with E-state index in [9.17, 15) is 4.79 Å². The fourth-order valence-electron chi connectivity index (χ4n) is 2.55. The van der Waals surface area contributed by atoms with Gasteiger partial charge in [0.15, 0.2) is 0 Å². The van der Waals surface area contributed by atoms with Crippen LogP contribution >= 0.6 is 11.3 Å². The molecule has 0 aliphatic heterocycles. The van der Waals surface area contributed by atoms with E-state index < -0.39 is 0 Å². The molecule has 0 amide bonds. The topological polar surface area (TPSA) is 65.2 Å². The van der Waals surface area contributed by atoms with Gasteiger partial charge >= 0.3 is 5.97 Å². The van der Waals surface area contributed by atoms with Crippen molar-refractivity contribution in [2.45, 2.75) is 6.92 Å². The molecule has 4 aromatic rings. The SMILES string of the molecule is Cc1ccc(-c2ccsc2C(=O)Oc2ccc(-c3nnco3)cc2)cc1. The van der Waals surface area contributed by atoms with Gasteiger partial charge in [0.25, 0.3) is 0 Å². The van der Waals surface area contributed by atoms with E-state index in [1.807, 2.05) is 42.6 Å². The fraction of sp³-hybridized carbons (Fsp3) is 0.0500. The Hall–Kier alpha value is -3.25. The summed E-state index contributed by atoms with van der Waals surface area (Å²) >= 11 is 1.37. The predicted molar refractivity (Wildman–Crippen MR) is 99.2 cm³/mol. The van der Waals surface area contributed by atoms with Crippen molar-refractivity contribution in [3.63, 3.8) is 0 Å². The van der Waals surface area contributed by atoms with Crippen LogP contribution < -0.4 is 4.74 Å². The lowest BCUT2D eigenvalue weighted by molar-refractivity contribution is 0.0740. The Bertz CT molecular complexity index is 1020. The van der Waals surface area contributed by atoms with Crippen LogP contribution in [0.1, 0.15) is 15.2 Å². The molecule has 0 saturated heterocycles. The van der Waals surface area contributed by atoms with Gasteiger partial charge in [0.1, 0.15) is 10.6 Å². The normalized spacial score (nSPS) is 10.7. The first kappa shape index (κ1) is 16.2. The number of nitrogens with zero attached hydrogens (tertiary/aromatic N) is 2. The molecule has 128 valence electrons. The van der Waals surface area contributed by atoms with Crippen molar-refractivity contribution in [2.75, 3.05) is 0 Å². The van der Waals surface area contributed by atoms with Gasteiger partial charge in [-0.05, 0) is 48.2 Å². The minimum absolute atomic E-state index is 0.374. The summed E-state index contributed by atoms with van der Waals surface area (Å²) in [5.74, 6) is 0.505. The Morgan fingerprint density at radius 3 is 2.42 bits per heavy atom. The van der Waals surface area contributed by atoms with Gasteiger partial charge in [-0.25, -0.2) is 4.79 Å². The quantitative estimate of drug-likeness (QED) is 0.378.